The van der Waals surface area contributed by atoms with Crippen molar-refractivity contribution in [1.29, 1.82) is 0 Å². The number of alkyl halides is 1. The molecule has 0 bridgehead atoms. The summed E-state index contributed by atoms with van der Waals surface area (Å²) in [5.41, 5.74) is 0. The van der Waals surface area contributed by atoms with Crippen LogP contribution in [0.25, 0.3) is 0 Å². The van der Waals surface area contributed by atoms with Crippen LogP contribution in [0.2, 0.25) is 0 Å². The largest absolute Gasteiger partial charge is 0.480 e. The van der Waals surface area contributed by atoms with Gasteiger partial charge >= 0.3 is 5.97 Å². The van der Waals surface area contributed by atoms with E-state index in [1.54, 1.807) is 6.92 Å². The monoisotopic (exact) mass is 823 g/mol. The molecule has 18 heteroatoms. The van der Waals surface area contributed by atoms with Gasteiger partial charge in [-0.25, -0.2) is 4.79 Å². The van der Waals surface area contributed by atoms with E-state index >= 15 is 0 Å². The van der Waals surface area contributed by atoms with Crippen molar-refractivity contribution in [2.45, 2.75) is 96.4 Å². The van der Waals surface area contributed by atoms with Crippen LogP contribution in [0, 0.1) is 0 Å². The van der Waals surface area contributed by atoms with Crippen LogP contribution in [0.5, 0.6) is 0 Å². The lowest BCUT2D eigenvalue weighted by Gasteiger charge is -2.14. The molecular weight excluding hydrogens is 762 g/mol. The molecule has 53 heavy (non-hydrogen) atoms. The third-order valence-corrected chi connectivity index (χ3v) is 7.97. The van der Waals surface area contributed by atoms with Gasteiger partial charge in [0, 0.05) is 45.4 Å². The zero-order valence-corrected chi connectivity index (χ0v) is 32.9. The van der Waals surface area contributed by atoms with E-state index < -0.39 is 12.0 Å². The van der Waals surface area contributed by atoms with Gasteiger partial charge in [0.05, 0.1) is 45.0 Å². The molecule has 0 aliphatic rings. The summed E-state index contributed by atoms with van der Waals surface area (Å²) in [6.07, 6.45) is 9.94. The number of ether oxygens (including phenoxy) is 4. The number of carbonyl (C=O) groups excluding carboxylic acids is 6. The maximum absolute atomic E-state index is 12.2. The first-order chi connectivity index (χ1) is 25.5. The maximum Gasteiger partial charge on any atom is 0.326 e. The first kappa shape index (κ1) is 49.8. The fourth-order valence-electron chi connectivity index (χ4n) is 4.63. The molecule has 0 unspecified atom stereocenters. The number of amides is 5. The summed E-state index contributed by atoms with van der Waals surface area (Å²) in [4.78, 5) is 81.4. The van der Waals surface area contributed by atoms with Gasteiger partial charge in [0.15, 0.2) is 0 Å². The minimum Gasteiger partial charge on any atom is -0.480 e. The van der Waals surface area contributed by atoms with Crippen LogP contribution in [-0.2, 0) is 52.5 Å². The van der Waals surface area contributed by atoms with Crippen LogP contribution in [0.4, 0.5) is 0 Å². The fourth-order valence-corrected chi connectivity index (χ4v) is 4.83. The molecule has 0 radical (unpaired) electrons. The van der Waals surface area contributed by atoms with Crippen molar-refractivity contribution in [1.82, 2.24) is 26.6 Å². The molecule has 0 heterocycles. The highest BCUT2D eigenvalue weighted by Crippen LogP contribution is 2.12. The molecule has 0 aromatic carbocycles. The van der Waals surface area contributed by atoms with Crippen molar-refractivity contribution in [2.24, 2.45) is 0 Å². The molecule has 0 fully saturated rings. The summed E-state index contributed by atoms with van der Waals surface area (Å²) in [6, 6.07) is -1.14. The van der Waals surface area contributed by atoms with E-state index in [9.17, 15) is 38.7 Å². The number of Topliss-reactive ketones (excluding diaryl/α,β-unsaturated/α-hetero) is 1. The summed E-state index contributed by atoms with van der Waals surface area (Å²) in [5, 5.41) is 22.6. The van der Waals surface area contributed by atoms with Gasteiger partial charge in [-0.2, -0.15) is 0 Å². The molecule has 0 spiro atoms. The minimum absolute atomic E-state index is 0.0281. The van der Waals surface area contributed by atoms with E-state index in [4.69, 9.17) is 18.9 Å². The highest BCUT2D eigenvalue weighted by atomic mass is 79.9. The number of carbonyl (C=O) groups is 7. The molecule has 0 aliphatic carbocycles. The molecule has 0 saturated carbocycles. The molecule has 1 atom stereocenters. The average molecular weight is 825 g/mol. The lowest BCUT2D eigenvalue weighted by atomic mass is 10.0. The van der Waals surface area contributed by atoms with Gasteiger partial charge in [-0.1, -0.05) is 60.9 Å². The molecule has 17 nitrogen and oxygen atoms in total. The Kier molecular flexibility index (Phi) is 33.7. The van der Waals surface area contributed by atoms with Gasteiger partial charge in [-0.3, -0.25) is 24.0 Å². The fraction of sp³-hybridized carbons (Fsp3) is 0.800. The zero-order chi connectivity index (χ0) is 39.4. The lowest BCUT2D eigenvalue weighted by molar-refractivity contribution is -0.142. The number of hydrogen-bond acceptors (Lipinski definition) is 11. The molecule has 0 saturated heterocycles. The van der Waals surface area contributed by atoms with E-state index in [2.05, 4.69) is 42.5 Å². The highest BCUT2D eigenvalue weighted by molar-refractivity contribution is 9.09. The van der Waals surface area contributed by atoms with Gasteiger partial charge in [0.25, 0.3) is 0 Å². The number of halogens is 1. The Morgan fingerprint density at radius 2 is 0.943 bits per heavy atom. The summed E-state index contributed by atoms with van der Waals surface area (Å²) >= 11 is 3.02. The highest BCUT2D eigenvalue weighted by Gasteiger charge is 2.20. The molecule has 0 aliphatic heterocycles. The number of carboxylic acids is 1. The molecular formula is C35H62BrN5O12. The van der Waals surface area contributed by atoms with Crippen molar-refractivity contribution in [3.63, 3.8) is 0 Å². The maximum atomic E-state index is 12.2. The molecule has 0 aromatic heterocycles. The number of hydrogen-bond donors (Lipinski definition) is 6. The second kappa shape index (κ2) is 35.8. The topological polar surface area (TPSA) is 237 Å². The standard InChI is InChI=1S/C35H62BrN5O12/c1-28(42)11-9-7-5-3-2-4-6-8-10-12-31(44)41-29(35(48)49)13-14-30(43)39-17-19-50-21-24-53-27-34(47)40-18-20-51-22-23-52-26-33(46)38-16-15-37-32(45)25-36/h29H,2-27H2,1H3,(H,37,45)(H,38,46)(H,39,43)(H,40,47)(H,41,44)(H,48,49)/t29-/m0/s1. The quantitative estimate of drug-likeness (QED) is 0.0382. The van der Waals surface area contributed by atoms with Crippen molar-refractivity contribution in [3.05, 3.63) is 0 Å². The molecule has 6 N–H and O–H groups in total. The molecule has 0 rings (SSSR count). The Labute approximate surface area is 321 Å². The SMILES string of the molecule is CC(=O)CCCCCCCCCCCC(=O)N[C@@H](CCC(=O)NCCOCCOCC(=O)NCCOCCOCC(=O)NCCNC(=O)CBr)C(=O)O. The van der Waals surface area contributed by atoms with Crippen LogP contribution in [0.3, 0.4) is 0 Å². The minimum atomic E-state index is -1.19. The van der Waals surface area contributed by atoms with Crippen LogP contribution in [0.15, 0.2) is 0 Å². The first-order valence-corrected chi connectivity index (χ1v) is 19.6. The molecule has 306 valence electrons. The van der Waals surface area contributed by atoms with Gasteiger partial charge in [0.2, 0.25) is 29.5 Å². The number of rotatable bonds is 37. The van der Waals surface area contributed by atoms with Crippen molar-refractivity contribution >= 4 is 57.2 Å². The summed E-state index contributed by atoms with van der Waals surface area (Å²) < 4.78 is 21.1. The third kappa shape index (κ3) is 35.6. The molecule has 0 aromatic rings. The first-order valence-electron chi connectivity index (χ1n) is 18.5. The number of ketones is 1. The zero-order valence-electron chi connectivity index (χ0n) is 31.3. The number of aliphatic carboxylic acids is 1. The van der Waals surface area contributed by atoms with Crippen molar-refractivity contribution < 1.29 is 57.6 Å². The smallest absolute Gasteiger partial charge is 0.326 e. The predicted octanol–water partition coefficient (Wildman–Crippen LogP) is 1.14. The summed E-state index contributed by atoms with van der Waals surface area (Å²) in [5.74, 6) is -2.44. The van der Waals surface area contributed by atoms with E-state index in [0.29, 0.717) is 25.9 Å². The predicted molar refractivity (Wildman–Crippen MR) is 199 cm³/mol. The number of unbranched alkanes of at least 4 members (excludes halogenated alkanes) is 8. The third-order valence-electron chi connectivity index (χ3n) is 7.46. The Balaban J connectivity index is 3.67. The average Bonchev–Trinajstić information content (AvgIpc) is 3.12. The Bertz CT molecular complexity index is 1050. The van der Waals surface area contributed by atoms with E-state index in [1.807, 2.05) is 0 Å². The van der Waals surface area contributed by atoms with E-state index in [1.165, 1.54) is 0 Å². The van der Waals surface area contributed by atoms with Crippen LogP contribution in [-0.4, -0.2) is 137 Å². The second-order valence-corrected chi connectivity index (χ2v) is 12.8. The van der Waals surface area contributed by atoms with Gasteiger partial charge < -0.3 is 55.4 Å². The van der Waals surface area contributed by atoms with Crippen LogP contribution >= 0.6 is 15.9 Å². The van der Waals surface area contributed by atoms with Gasteiger partial charge in [0.1, 0.15) is 25.0 Å². The second-order valence-electron chi connectivity index (χ2n) is 12.2. The molecule has 5 amide bonds. The van der Waals surface area contributed by atoms with Gasteiger partial charge in [-0.05, 0) is 26.2 Å². The summed E-state index contributed by atoms with van der Waals surface area (Å²) in [6.45, 7) is 3.69. The van der Waals surface area contributed by atoms with Crippen molar-refractivity contribution in [2.75, 3.05) is 84.4 Å². The Hall–Kier alpha value is -3.19. The summed E-state index contributed by atoms with van der Waals surface area (Å²) in [7, 11) is 0. The number of carboxylic acid groups (broad SMARTS) is 1. The van der Waals surface area contributed by atoms with E-state index in [-0.39, 0.29) is 126 Å². The van der Waals surface area contributed by atoms with Crippen LogP contribution < -0.4 is 26.6 Å². The van der Waals surface area contributed by atoms with Gasteiger partial charge in [-0.15, -0.1) is 0 Å². The van der Waals surface area contributed by atoms with Crippen molar-refractivity contribution in [3.8, 4) is 0 Å². The number of nitrogens with one attached hydrogen (secondary N) is 5. The van der Waals surface area contributed by atoms with Crippen LogP contribution in [0.1, 0.15) is 90.4 Å². The Morgan fingerprint density at radius 3 is 1.43 bits per heavy atom. The lowest BCUT2D eigenvalue weighted by Crippen LogP contribution is -2.41. The normalized spacial score (nSPS) is 11.4. The Morgan fingerprint density at radius 1 is 0.509 bits per heavy atom. The van der Waals surface area contributed by atoms with E-state index in [0.717, 1.165) is 51.4 Å².